The van der Waals surface area contributed by atoms with E-state index in [0.29, 0.717) is 19.0 Å². The van der Waals surface area contributed by atoms with Crippen LogP contribution in [0.5, 0.6) is 0 Å². The maximum Gasteiger partial charge on any atom is 0.240 e. The van der Waals surface area contributed by atoms with E-state index in [1.54, 1.807) is 30.0 Å². The summed E-state index contributed by atoms with van der Waals surface area (Å²) >= 11 is 0. The summed E-state index contributed by atoms with van der Waals surface area (Å²) in [5, 5.41) is 0. The Morgan fingerprint density at radius 2 is 2.04 bits per heavy atom. The maximum atomic E-state index is 12.4. The van der Waals surface area contributed by atoms with E-state index in [9.17, 15) is 13.2 Å². The largest absolute Gasteiger partial charge is 0.312 e. The number of sulfonamides is 1. The molecular weight excluding hydrogens is 324 g/mol. The van der Waals surface area contributed by atoms with Gasteiger partial charge in [-0.1, -0.05) is 26.7 Å². The lowest BCUT2D eigenvalue weighted by molar-refractivity contribution is -0.116. The number of carbonyl (C=O) groups is 1. The molecule has 0 aliphatic carbocycles. The van der Waals surface area contributed by atoms with Gasteiger partial charge in [0, 0.05) is 25.7 Å². The van der Waals surface area contributed by atoms with E-state index in [2.05, 4.69) is 18.6 Å². The highest BCUT2D eigenvalue weighted by molar-refractivity contribution is 7.89. The Bertz CT molecular complexity index is 684. The molecular formula is C18H28N2O3S. The van der Waals surface area contributed by atoms with E-state index in [4.69, 9.17) is 0 Å². The number of benzene rings is 1. The molecule has 2 rings (SSSR count). The number of carbonyl (C=O) groups excluding carboxylic acids is 1. The van der Waals surface area contributed by atoms with E-state index in [1.807, 2.05) is 0 Å². The molecule has 5 nitrogen and oxygen atoms in total. The fraction of sp³-hybridized carbons (Fsp3) is 0.611. The smallest absolute Gasteiger partial charge is 0.240 e. The van der Waals surface area contributed by atoms with Gasteiger partial charge in [0.25, 0.3) is 0 Å². The molecule has 1 aliphatic heterocycles. The van der Waals surface area contributed by atoms with Gasteiger partial charge in [0.15, 0.2) is 0 Å². The Balaban J connectivity index is 2.05. The number of nitrogens with one attached hydrogen (secondary N) is 1. The first-order valence-corrected chi connectivity index (χ1v) is 10.2. The predicted octanol–water partition coefficient (Wildman–Crippen LogP) is 3.09. The van der Waals surface area contributed by atoms with E-state index in [1.165, 1.54) is 0 Å². The number of nitrogens with zero attached hydrogens (tertiary/aromatic N) is 1. The number of amides is 1. The van der Waals surface area contributed by atoms with Crippen LogP contribution in [-0.4, -0.2) is 27.4 Å². The van der Waals surface area contributed by atoms with Crippen molar-refractivity contribution in [2.45, 2.75) is 57.8 Å². The Kier molecular flexibility index (Phi) is 6.40. The zero-order chi connectivity index (χ0) is 17.7. The van der Waals surface area contributed by atoms with Gasteiger partial charge in [-0.3, -0.25) is 4.79 Å². The average molecular weight is 353 g/mol. The number of hydrogen-bond donors (Lipinski definition) is 1. The van der Waals surface area contributed by atoms with Crippen LogP contribution in [0.3, 0.4) is 0 Å². The van der Waals surface area contributed by atoms with Crippen LogP contribution < -0.4 is 9.62 Å². The third-order valence-corrected chi connectivity index (χ3v) is 5.82. The van der Waals surface area contributed by atoms with Crippen LogP contribution in [0.25, 0.3) is 0 Å². The molecule has 1 aliphatic rings. The summed E-state index contributed by atoms with van der Waals surface area (Å²) in [5.74, 6) is 0.640. The quantitative estimate of drug-likeness (QED) is 0.767. The minimum absolute atomic E-state index is 0.00478. The molecule has 1 aromatic rings. The van der Waals surface area contributed by atoms with Gasteiger partial charge in [-0.15, -0.1) is 0 Å². The van der Waals surface area contributed by atoms with Gasteiger partial charge in [0.2, 0.25) is 15.9 Å². The molecule has 1 amide bonds. The molecule has 0 saturated heterocycles. The molecule has 0 saturated carbocycles. The number of aryl methyl sites for hydroxylation is 1. The van der Waals surface area contributed by atoms with Crippen molar-refractivity contribution in [3.8, 4) is 0 Å². The van der Waals surface area contributed by atoms with E-state index >= 15 is 0 Å². The van der Waals surface area contributed by atoms with Gasteiger partial charge in [0.05, 0.1) is 4.90 Å². The van der Waals surface area contributed by atoms with Crippen molar-refractivity contribution < 1.29 is 13.2 Å². The van der Waals surface area contributed by atoms with Crippen molar-refractivity contribution >= 4 is 21.6 Å². The summed E-state index contributed by atoms with van der Waals surface area (Å²) in [7, 11) is -3.49. The zero-order valence-corrected chi connectivity index (χ0v) is 15.7. The highest BCUT2D eigenvalue weighted by atomic mass is 32.2. The minimum Gasteiger partial charge on any atom is -0.312 e. The summed E-state index contributed by atoms with van der Waals surface area (Å²) in [5.41, 5.74) is 1.77. The van der Waals surface area contributed by atoms with Crippen molar-refractivity contribution in [2.24, 2.45) is 5.92 Å². The van der Waals surface area contributed by atoms with Crippen LogP contribution in [0.15, 0.2) is 23.1 Å². The molecule has 0 atom stereocenters. The Hall–Kier alpha value is -1.40. The lowest BCUT2D eigenvalue weighted by atomic mass is 10.0. The first kappa shape index (κ1) is 18.9. The fourth-order valence-corrected chi connectivity index (χ4v) is 4.16. The molecule has 0 spiro atoms. The number of unbranched alkanes of at least 4 members (excludes halogenated alkanes) is 1. The van der Waals surface area contributed by atoms with E-state index < -0.39 is 10.0 Å². The first-order valence-electron chi connectivity index (χ1n) is 8.72. The van der Waals surface area contributed by atoms with Crippen LogP contribution in [0.4, 0.5) is 5.69 Å². The Morgan fingerprint density at radius 3 is 2.71 bits per heavy atom. The van der Waals surface area contributed by atoms with Crippen LogP contribution in [-0.2, 0) is 21.2 Å². The second-order valence-electron chi connectivity index (χ2n) is 6.85. The minimum atomic E-state index is -3.49. The van der Waals surface area contributed by atoms with E-state index in [0.717, 1.165) is 43.4 Å². The molecule has 0 bridgehead atoms. The average Bonchev–Trinajstić information content (AvgIpc) is 2.52. The Morgan fingerprint density at radius 1 is 1.29 bits per heavy atom. The molecule has 1 heterocycles. The lowest BCUT2D eigenvalue weighted by Crippen LogP contribution is -2.33. The first-order chi connectivity index (χ1) is 11.3. The molecule has 0 radical (unpaired) electrons. The van der Waals surface area contributed by atoms with Crippen molar-refractivity contribution in [3.63, 3.8) is 0 Å². The monoisotopic (exact) mass is 352 g/mol. The topological polar surface area (TPSA) is 66.5 Å². The summed E-state index contributed by atoms with van der Waals surface area (Å²) in [6.45, 7) is 7.04. The van der Waals surface area contributed by atoms with Gasteiger partial charge in [-0.05, 0) is 48.9 Å². The molecule has 0 unspecified atom stereocenters. The van der Waals surface area contributed by atoms with Crippen LogP contribution in [0, 0.1) is 5.92 Å². The summed E-state index contributed by atoms with van der Waals surface area (Å²) < 4.78 is 27.6. The van der Waals surface area contributed by atoms with Crippen molar-refractivity contribution in [1.82, 2.24) is 4.72 Å². The standard InChI is InChI=1S/C18H28N2O3S/c1-14(2)7-4-5-11-19-24(22,23)17-9-10-18-16(13-17)8-6-12-20(18)15(3)21/h9-10,13-14,19H,4-8,11-12H2,1-3H3. The predicted molar refractivity (Wildman–Crippen MR) is 96.7 cm³/mol. The molecule has 0 aromatic heterocycles. The van der Waals surface area contributed by atoms with E-state index in [-0.39, 0.29) is 10.8 Å². The second kappa shape index (κ2) is 8.12. The number of anilines is 1. The van der Waals surface area contributed by atoms with Gasteiger partial charge in [-0.2, -0.15) is 0 Å². The molecule has 6 heteroatoms. The highest BCUT2D eigenvalue weighted by Crippen LogP contribution is 2.29. The fourth-order valence-electron chi connectivity index (χ4n) is 3.04. The molecule has 24 heavy (non-hydrogen) atoms. The van der Waals surface area contributed by atoms with Crippen LogP contribution >= 0.6 is 0 Å². The molecule has 0 fully saturated rings. The van der Waals surface area contributed by atoms with Crippen LogP contribution in [0.1, 0.15) is 52.0 Å². The molecule has 1 aromatic carbocycles. The summed E-state index contributed by atoms with van der Waals surface area (Å²) in [4.78, 5) is 13.7. The normalized spacial score (nSPS) is 14.8. The van der Waals surface area contributed by atoms with Gasteiger partial charge < -0.3 is 4.90 Å². The number of hydrogen-bond acceptors (Lipinski definition) is 3. The second-order valence-corrected chi connectivity index (χ2v) is 8.62. The summed E-state index contributed by atoms with van der Waals surface area (Å²) in [6.07, 6.45) is 4.65. The van der Waals surface area contributed by atoms with Gasteiger partial charge >= 0.3 is 0 Å². The van der Waals surface area contributed by atoms with Crippen molar-refractivity contribution in [1.29, 1.82) is 0 Å². The van der Waals surface area contributed by atoms with Gasteiger partial charge in [0.1, 0.15) is 0 Å². The SMILES string of the molecule is CC(=O)N1CCCc2cc(S(=O)(=O)NCCCCC(C)C)ccc21. The lowest BCUT2D eigenvalue weighted by Gasteiger charge is -2.28. The van der Waals surface area contributed by atoms with Crippen molar-refractivity contribution in [3.05, 3.63) is 23.8 Å². The van der Waals surface area contributed by atoms with Crippen LogP contribution in [0.2, 0.25) is 0 Å². The molecule has 1 N–H and O–H groups in total. The highest BCUT2D eigenvalue weighted by Gasteiger charge is 2.22. The third-order valence-electron chi connectivity index (χ3n) is 4.36. The molecule has 134 valence electrons. The summed E-state index contributed by atoms with van der Waals surface area (Å²) in [6, 6.07) is 5.06. The third kappa shape index (κ3) is 4.80. The van der Waals surface area contributed by atoms with Crippen molar-refractivity contribution in [2.75, 3.05) is 18.0 Å². The maximum absolute atomic E-state index is 12.4. The number of fused-ring (bicyclic) bond motifs is 1. The zero-order valence-electron chi connectivity index (χ0n) is 14.8. The van der Waals surface area contributed by atoms with Gasteiger partial charge in [-0.25, -0.2) is 13.1 Å². The Labute approximate surface area is 145 Å². The number of rotatable bonds is 7.